The molecule has 1 fully saturated rings. The van der Waals surface area contributed by atoms with Crippen LogP contribution in [0.2, 0.25) is 0 Å². The first-order valence-electron chi connectivity index (χ1n) is 11.7. The van der Waals surface area contributed by atoms with Crippen LogP contribution in [0.3, 0.4) is 0 Å². The summed E-state index contributed by atoms with van der Waals surface area (Å²) in [5, 5.41) is 0. The van der Waals surface area contributed by atoms with E-state index in [-0.39, 0.29) is 41.9 Å². The zero-order valence-corrected chi connectivity index (χ0v) is 21.4. The van der Waals surface area contributed by atoms with Gasteiger partial charge in [-0.25, -0.2) is 4.98 Å². The smallest absolute Gasteiger partial charge is 0.309 e. The third-order valence-electron chi connectivity index (χ3n) is 6.59. The molecule has 0 saturated carbocycles. The highest BCUT2D eigenvalue weighted by molar-refractivity contribution is 5.85. The van der Waals surface area contributed by atoms with Gasteiger partial charge < -0.3 is 18.6 Å². The van der Waals surface area contributed by atoms with Crippen molar-refractivity contribution in [3.8, 4) is 11.4 Å². The Hall–Kier alpha value is -2.64. The highest BCUT2D eigenvalue weighted by Crippen LogP contribution is 2.26. The van der Waals surface area contributed by atoms with Crippen molar-refractivity contribution in [2.75, 3.05) is 13.2 Å². The topological polar surface area (TPSA) is 75.3 Å². The zero-order valence-electron chi connectivity index (χ0n) is 20.5. The SMILES string of the molecule is Cc1cc(-c2nc3cc(CC[C@H](C(=O)OC4CCOC4)C(C)C)ccc3n2C)cn(C)c1=O.Cl. The highest BCUT2D eigenvalue weighted by Gasteiger charge is 2.28. The summed E-state index contributed by atoms with van der Waals surface area (Å²) in [7, 11) is 3.75. The number of fused-ring (bicyclic) bond motifs is 1. The number of nitrogens with zero attached hydrogens (tertiary/aromatic N) is 3. The van der Waals surface area contributed by atoms with E-state index in [9.17, 15) is 9.59 Å². The van der Waals surface area contributed by atoms with Gasteiger partial charge in [0.15, 0.2) is 0 Å². The summed E-state index contributed by atoms with van der Waals surface area (Å²) in [4.78, 5) is 29.7. The Morgan fingerprint density at radius 2 is 2.03 bits per heavy atom. The van der Waals surface area contributed by atoms with Gasteiger partial charge in [-0.1, -0.05) is 19.9 Å². The normalized spacial score (nSPS) is 16.6. The van der Waals surface area contributed by atoms with E-state index >= 15 is 0 Å². The van der Waals surface area contributed by atoms with Crippen molar-refractivity contribution in [1.29, 1.82) is 0 Å². The number of ether oxygens (including phenoxy) is 2. The van der Waals surface area contributed by atoms with Gasteiger partial charge in [0.05, 0.1) is 30.2 Å². The number of rotatable bonds is 7. The first-order valence-corrected chi connectivity index (χ1v) is 11.7. The molecule has 0 spiro atoms. The lowest BCUT2D eigenvalue weighted by molar-refractivity contribution is -0.155. The van der Waals surface area contributed by atoms with Gasteiger partial charge in [-0.15, -0.1) is 12.4 Å². The summed E-state index contributed by atoms with van der Waals surface area (Å²) < 4.78 is 14.7. The molecule has 2 aromatic heterocycles. The Kier molecular flexibility index (Phi) is 8.21. The van der Waals surface area contributed by atoms with Gasteiger partial charge in [0, 0.05) is 37.8 Å². The van der Waals surface area contributed by atoms with E-state index in [0.717, 1.165) is 47.2 Å². The van der Waals surface area contributed by atoms with Crippen molar-refractivity contribution in [1.82, 2.24) is 14.1 Å². The third kappa shape index (κ3) is 5.36. The second kappa shape index (κ2) is 10.7. The minimum absolute atomic E-state index is 0. The average Bonchev–Trinajstić information content (AvgIpc) is 3.39. The molecule has 0 bridgehead atoms. The molecule has 3 aromatic rings. The number of imidazole rings is 1. The molecule has 0 amide bonds. The lowest BCUT2D eigenvalue weighted by atomic mass is 9.89. The van der Waals surface area contributed by atoms with Gasteiger partial charge in [0.25, 0.3) is 5.56 Å². The number of benzene rings is 1. The van der Waals surface area contributed by atoms with Crippen LogP contribution in [0.4, 0.5) is 0 Å². The molecule has 0 aliphatic carbocycles. The standard InChI is InChI=1S/C26H33N3O4.ClH/c1-16(2)21(26(31)33-20-10-11-32-15-20)8-6-18-7-9-23-22(13-18)27-24(29(23)5)19-12-17(3)25(30)28(4)14-19;/h7,9,12-14,16,20-21H,6,8,10-11,15H2,1-5H3;1H/t20?,21-;/m0./s1. The molecule has 8 heteroatoms. The maximum Gasteiger partial charge on any atom is 0.309 e. The minimum Gasteiger partial charge on any atom is -0.460 e. The first-order chi connectivity index (χ1) is 15.7. The van der Waals surface area contributed by atoms with E-state index in [0.29, 0.717) is 18.8 Å². The number of carbonyl (C=O) groups is 1. The van der Waals surface area contributed by atoms with Gasteiger partial charge >= 0.3 is 5.97 Å². The van der Waals surface area contributed by atoms with Crippen molar-refractivity contribution in [3.63, 3.8) is 0 Å². The Bertz CT molecular complexity index is 1200. The second-order valence-electron chi connectivity index (χ2n) is 9.46. The predicted octanol–water partition coefficient (Wildman–Crippen LogP) is 4.21. The summed E-state index contributed by atoms with van der Waals surface area (Å²) in [5.41, 5.74) is 4.68. The first kappa shape index (κ1) is 26.0. The summed E-state index contributed by atoms with van der Waals surface area (Å²) in [6, 6.07) is 8.17. The number of halogens is 1. The fourth-order valence-electron chi connectivity index (χ4n) is 4.56. The lowest BCUT2D eigenvalue weighted by Gasteiger charge is -2.21. The molecule has 1 saturated heterocycles. The molecular formula is C26H34ClN3O4. The van der Waals surface area contributed by atoms with E-state index in [2.05, 4.69) is 36.6 Å². The van der Waals surface area contributed by atoms with E-state index in [1.54, 1.807) is 11.6 Å². The number of aryl methyl sites for hydroxylation is 4. The van der Waals surface area contributed by atoms with Crippen molar-refractivity contribution in [3.05, 3.63) is 51.9 Å². The van der Waals surface area contributed by atoms with Crippen molar-refractivity contribution < 1.29 is 14.3 Å². The summed E-state index contributed by atoms with van der Waals surface area (Å²) in [5.74, 6) is 0.766. The number of hydrogen-bond acceptors (Lipinski definition) is 5. The fraction of sp³-hybridized carbons (Fsp3) is 0.500. The van der Waals surface area contributed by atoms with Crippen LogP contribution < -0.4 is 5.56 Å². The molecule has 0 radical (unpaired) electrons. The lowest BCUT2D eigenvalue weighted by Crippen LogP contribution is -2.28. The summed E-state index contributed by atoms with van der Waals surface area (Å²) in [6.07, 6.45) is 4.01. The van der Waals surface area contributed by atoms with E-state index in [1.807, 2.05) is 26.2 Å². The molecule has 184 valence electrons. The maximum atomic E-state index is 12.7. The molecule has 1 aliphatic heterocycles. The maximum absolute atomic E-state index is 12.7. The molecular weight excluding hydrogens is 454 g/mol. The van der Waals surface area contributed by atoms with E-state index in [1.165, 1.54) is 0 Å². The molecule has 1 unspecified atom stereocenters. The average molecular weight is 488 g/mol. The van der Waals surface area contributed by atoms with Crippen LogP contribution in [-0.2, 0) is 34.8 Å². The number of pyridine rings is 1. The molecule has 3 heterocycles. The van der Waals surface area contributed by atoms with Crippen LogP contribution in [-0.4, -0.2) is 39.4 Å². The molecule has 7 nitrogen and oxygen atoms in total. The van der Waals surface area contributed by atoms with Gasteiger partial charge in [-0.3, -0.25) is 9.59 Å². The summed E-state index contributed by atoms with van der Waals surface area (Å²) in [6.45, 7) is 7.13. The van der Waals surface area contributed by atoms with Crippen LogP contribution in [0.15, 0.2) is 35.3 Å². The van der Waals surface area contributed by atoms with Gasteiger partial charge in [0.1, 0.15) is 11.9 Å². The molecule has 1 aliphatic rings. The van der Waals surface area contributed by atoms with Gasteiger partial charge in [0.2, 0.25) is 0 Å². The van der Waals surface area contributed by atoms with Crippen LogP contribution in [0.5, 0.6) is 0 Å². The fourth-order valence-corrected chi connectivity index (χ4v) is 4.56. The van der Waals surface area contributed by atoms with Crippen molar-refractivity contribution in [2.45, 2.75) is 46.1 Å². The molecule has 4 rings (SSSR count). The predicted molar refractivity (Wildman–Crippen MR) is 135 cm³/mol. The van der Waals surface area contributed by atoms with Crippen LogP contribution >= 0.6 is 12.4 Å². The Morgan fingerprint density at radius 3 is 2.68 bits per heavy atom. The van der Waals surface area contributed by atoms with Crippen molar-refractivity contribution in [2.24, 2.45) is 25.9 Å². The second-order valence-corrected chi connectivity index (χ2v) is 9.46. The Morgan fingerprint density at radius 1 is 1.26 bits per heavy atom. The van der Waals surface area contributed by atoms with Gasteiger partial charge in [-0.2, -0.15) is 0 Å². The number of carbonyl (C=O) groups excluding carboxylic acids is 1. The van der Waals surface area contributed by atoms with E-state index in [4.69, 9.17) is 14.5 Å². The van der Waals surface area contributed by atoms with E-state index < -0.39 is 0 Å². The molecule has 34 heavy (non-hydrogen) atoms. The zero-order chi connectivity index (χ0) is 23.7. The Balaban J connectivity index is 0.00000324. The van der Waals surface area contributed by atoms with Crippen molar-refractivity contribution >= 4 is 29.4 Å². The number of esters is 1. The van der Waals surface area contributed by atoms with Crippen LogP contribution in [0.25, 0.3) is 22.4 Å². The summed E-state index contributed by atoms with van der Waals surface area (Å²) >= 11 is 0. The minimum atomic E-state index is -0.144. The highest BCUT2D eigenvalue weighted by atomic mass is 35.5. The monoisotopic (exact) mass is 487 g/mol. The molecule has 1 aromatic carbocycles. The Labute approximate surface area is 206 Å². The largest absolute Gasteiger partial charge is 0.460 e. The number of hydrogen-bond donors (Lipinski definition) is 0. The quantitative estimate of drug-likeness (QED) is 0.467. The van der Waals surface area contributed by atoms with Gasteiger partial charge in [-0.05, 0) is 49.4 Å². The third-order valence-corrected chi connectivity index (χ3v) is 6.59. The molecule has 2 atom stereocenters. The van der Waals surface area contributed by atoms with Crippen LogP contribution in [0, 0.1) is 18.8 Å². The number of aromatic nitrogens is 3. The van der Waals surface area contributed by atoms with Crippen LogP contribution in [0.1, 0.15) is 37.8 Å². The molecule has 0 N–H and O–H groups in total.